The number of aryl methyl sites for hydroxylation is 1. The number of hydrogen-bond acceptors (Lipinski definition) is 5. The van der Waals surface area contributed by atoms with Crippen LogP contribution < -0.4 is 16.0 Å². The number of aromatic nitrogens is 4. The number of urea groups is 1. The number of nitrogens with one attached hydrogen (secondary N) is 4. The third-order valence-corrected chi connectivity index (χ3v) is 6.59. The van der Waals surface area contributed by atoms with Gasteiger partial charge in [-0.1, -0.05) is 85.3 Å². The Kier molecular flexibility index (Phi) is 7.92. The van der Waals surface area contributed by atoms with Gasteiger partial charge in [0.25, 0.3) is 0 Å². The zero-order valence-electron chi connectivity index (χ0n) is 22.0. The minimum absolute atomic E-state index is 0.187. The topological polar surface area (TPSA) is 108 Å². The van der Waals surface area contributed by atoms with E-state index in [1.54, 1.807) is 0 Å². The number of rotatable bonds is 9. The molecule has 39 heavy (non-hydrogen) atoms. The summed E-state index contributed by atoms with van der Waals surface area (Å²) in [6.45, 7) is 4.17. The summed E-state index contributed by atoms with van der Waals surface area (Å²) >= 11 is 0. The number of tetrazole rings is 1. The van der Waals surface area contributed by atoms with Crippen molar-refractivity contribution in [2.45, 2.75) is 32.7 Å². The molecule has 0 aliphatic carbocycles. The van der Waals surface area contributed by atoms with Gasteiger partial charge in [0.1, 0.15) is 0 Å². The van der Waals surface area contributed by atoms with Crippen LogP contribution in [0.5, 0.6) is 0 Å². The maximum atomic E-state index is 13.1. The average molecular weight is 518 g/mol. The molecular formula is C31H31N7O. The van der Waals surface area contributed by atoms with Gasteiger partial charge < -0.3 is 16.0 Å². The van der Waals surface area contributed by atoms with E-state index in [4.69, 9.17) is 0 Å². The van der Waals surface area contributed by atoms with Gasteiger partial charge in [-0.2, -0.15) is 0 Å². The first-order valence-corrected chi connectivity index (χ1v) is 13.0. The van der Waals surface area contributed by atoms with Crippen molar-refractivity contribution < 1.29 is 4.79 Å². The van der Waals surface area contributed by atoms with Gasteiger partial charge in [-0.15, -0.1) is 5.10 Å². The molecule has 0 bridgehead atoms. The van der Waals surface area contributed by atoms with Gasteiger partial charge in [0.15, 0.2) is 5.82 Å². The Labute approximate surface area is 227 Å². The molecular weight excluding hydrogens is 486 g/mol. The number of aromatic amines is 1. The third-order valence-electron chi connectivity index (χ3n) is 6.59. The van der Waals surface area contributed by atoms with Crippen LogP contribution in [0, 0.1) is 6.92 Å². The summed E-state index contributed by atoms with van der Waals surface area (Å²) < 4.78 is 0. The summed E-state index contributed by atoms with van der Waals surface area (Å²) in [6, 6.07) is 31.9. The Balaban J connectivity index is 1.46. The Morgan fingerprint density at radius 2 is 1.59 bits per heavy atom. The summed E-state index contributed by atoms with van der Waals surface area (Å²) in [5.74, 6) is 0.577. The van der Waals surface area contributed by atoms with E-state index < -0.39 is 0 Å². The highest BCUT2D eigenvalue weighted by atomic mass is 16.2. The van der Waals surface area contributed by atoms with Gasteiger partial charge in [-0.05, 0) is 71.1 Å². The van der Waals surface area contributed by atoms with Crippen molar-refractivity contribution in [3.8, 4) is 22.5 Å². The maximum absolute atomic E-state index is 13.1. The highest BCUT2D eigenvalue weighted by molar-refractivity contribution is 6.02. The molecule has 0 aliphatic rings. The minimum atomic E-state index is -0.317. The standard InChI is InChI=1S/C31H31N7O/c1-3-24(19-22-9-5-4-6-10-22)32-28-18-15-23(26-11-7-8-12-27(26)30-35-37-38-36-30)20-29(28)34-31(39)33-25-16-13-21(2)14-17-25/h4-18,20,24,32H,3,19H2,1-2H3,(H2,33,34,39)(H,35,36,37,38). The molecule has 1 unspecified atom stereocenters. The summed E-state index contributed by atoms with van der Waals surface area (Å²) in [7, 11) is 0. The molecule has 0 saturated carbocycles. The van der Waals surface area contributed by atoms with Gasteiger partial charge in [-0.25, -0.2) is 9.89 Å². The van der Waals surface area contributed by atoms with E-state index in [1.807, 2.05) is 79.7 Å². The van der Waals surface area contributed by atoms with Crippen LogP contribution in [0.2, 0.25) is 0 Å². The van der Waals surface area contributed by atoms with Crippen LogP contribution in [0.1, 0.15) is 24.5 Å². The summed E-state index contributed by atoms with van der Waals surface area (Å²) in [5.41, 5.74) is 7.37. The maximum Gasteiger partial charge on any atom is 0.323 e. The molecule has 0 aliphatic heterocycles. The molecule has 1 aromatic heterocycles. The molecule has 196 valence electrons. The van der Waals surface area contributed by atoms with Crippen molar-refractivity contribution in [2.24, 2.45) is 0 Å². The lowest BCUT2D eigenvalue weighted by molar-refractivity contribution is 0.262. The molecule has 5 rings (SSSR count). The van der Waals surface area contributed by atoms with Crippen molar-refractivity contribution in [2.75, 3.05) is 16.0 Å². The van der Waals surface area contributed by atoms with Crippen LogP contribution in [-0.4, -0.2) is 32.7 Å². The second-order valence-corrected chi connectivity index (χ2v) is 9.44. The predicted molar refractivity (Wildman–Crippen MR) is 157 cm³/mol. The van der Waals surface area contributed by atoms with E-state index in [1.165, 1.54) is 5.56 Å². The first-order valence-electron chi connectivity index (χ1n) is 13.0. The fourth-order valence-corrected chi connectivity index (χ4v) is 4.49. The van der Waals surface area contributed by atoms with Gasteiger partial charge >= 0.3 is 6.03 Å². The average Bonchev–Trinajstić information content (AvgIpc) is 3.50. The number of carbonyl (C=O) groups excluding carboxylic acids is 1. The van der Waals surface area contributed by atoms with Crippen molar-refractivity contribution in [3.63, 3.8) is 0 Å². The van der Waals surface area contributed by atoms with E-state index in [9.17, 15) is 4.79 Å². The Bertz CT molecular complexity index is 1520. The lowest BCUT2D eigenvalue weighted by atomic mass is 9.98. The zero-order chi connectivity index (χ0) is 27.0. The third kappa shape index (κ3) is 6.48. The largest absolute Gasteiger partial charge is 0.380 e. The molecule has 0 spiro atoms. The second-order valence-electron chi connectivity index (χ2n) is 9.44. The first kappa shape index (κ1) is 25.7. The number of amides is 2. The number of benzene rings is 4. The molecule has 8 nitrogen and oxygen atoms in total. The van der Waals surface area contributed by atoms with E-state index in [0.29, 0.717) is 11.5 Å². The van der Waals surface area contributed by atoms with Crippen molar-refractivity contribution in [1.82, 2.24) is 20.6 Å². The molecule has 4 aromatic carbocycles. The van der Waals surface area contributed by atoms with Crippen molar-refractivity contribution in [1.29, 1.82) is 0 Å². The van der Waals surface area contributed by atoms with E-state index in [-0.39, 0.29) is 12.1 Å². The SMILES string of the molecule is CCC(Cc1ccccc1)Nc1ccc(-c2ccccc2-c2nnn[nH]2)cc1NC(=O)Nc1ccc(C)cc1. The lowest BCUT2D eigenvalue weighted by Gasteiger charge is -2.22. The highest BCUT2D eigenvalue weighted by Crippen LogP contribution is 2.35. The van der Waals surface area contributed by atoms with Crippen LogP contribution >= 0.6 is 0 Å². The number of carbonyl (C=O) groups is 1. The Hall–Kier alpha value is -4.98. The quantitative estimate of drug-likeness (QED) is 0.170. The van der Waals surface area contributed by atoms with E-state index in [0.717, 1.165) is 46.5 Å². The molecule has 4 N–H and O–H groups in total. The normalized spacial score (nSPS) is 11.5. The van der Waals surface area contributed by atoms with Gasteiger partial charge in [0.05, 0.1) is 11.4 Å². The Morgan fingerprint density at radius 3 is 2.31 bits per heavy atom. The molecule has 5 aromatic rings. The predicted octanol–water partition coefficient (Wildman–Crippen LogP) is 6.92. The van der Waals surface area contributed by atoms with Gasteiger partial charge in [0.2, 0.25) is 0 Å². The lowest BCUT2D eigenvalue weighted by Crippen LogP contribution is -2.24. The number of H-pyrrole nitrogens is 1. The molecule has 2 amide bonds. The summed E-state index contributed by atoms with van der Waals surface area (Å²) in [4.78, 5) is 13.1. The monoisotopic (exact) mass is 517 g/mol. The van der Waals surface area contributed by atoms with E-state index in [2.05, 4.69) is 67.8 Å². The van der Waals surface area contributed by atoms with Gasteiger partial charge in [0, 0.05) is 17.3 Å². The van der Waals surface area contributed by atoms with E-state index >= 15 is 0 Å². The number of hydrogen-bond donors (Lipinski definition) is 4. The number of nitrogens with zero attached hydrogens (tertiary/aromatic N) is 3. The molecule has 0 saturated heterocycles. The van der Waals surface area contributed by atoms with Crippen LogP contribution in [0.15, 0.2) is 97.1 Å². The van der Waals surface area contributed by atoms with Gasteiger partial charge in [-0.3, -0.25) is 0 Å². The molecule has 1 atom stereocenters. The van der Waals surface area contributed by atoms with Crippen molar-refractivity contribution in [3.05, 3.63) is 108 Å². The summed E-state index contributed by atoms with van der Waals surface area (Å²) in [5, 5.41) is 24.1. The smallest absolute Gasteiger partial charge is 0.323 e. The van der Waals surface area contributed by atoms with Crippen LogP contribution in [0.25, 0.3) is 22.5 Å². The molecule has 1 heterocycles. The number of anilines is 3. The van der Waals surface area contributed by atoms with Crippen molar-refractivity contribution >= 4 is 23.1 Å². The minimum Gasteiger partial charge on any atom is -0.380 e. The van der Waals surface area contributed by atoms with Crippen LogP contribution in [-0.2, 0) is 6.42 Å². The molecule has 0 fully saturated rings. The molecule has 8 heteroatoms. The highest BCUT2D eigenvalue weighted by Gasteiger charge is 2.16. The van der Waals surface area contributed by atoms with Crippen LogP contribution in [0.4, 0.5) is 21.9 Å². The molecule has 0 radical (unpaired) electrons. The first-order chi connectivity index (χ1) is 19.1. The summed E-state index contributed by atoms with van der Waals surface area (Å²) in [6.07, 6.45) is 1.79. The zero-order valence-corrected chi connectivity index (χ0v) is 22.0. The Morgan fingerprint density at radius 1 is 0.846 bits per heavy atom. The fraction of sp³-hybridized carbons (Fsp3) is 0.161. The van der Waals surface area contributed by atoms with Crippen LogP contribution in [0.3, 0.4) is 0 Å². The fourth-order valence-electron chi connectivity index (χ4n) is 4.49. The second kappa shape index (κ2) is 12.0.